The van der Waals surface area contributed by atoms with E-state index in [0.29, 0.717) is 12.2 Å². The van der Waals surface area contributed by atoms with Crippen molar-refractivity contribution >= 4 is 10.0 Å². The van der Waals surface area contributed by atoms with Crippen LogP contribution in [0.1, 0.15) is 25.8 Å². The zero-order valence-electron chi connectivity index (χ0n) is 15.0. The number of benzene rings is 2. The van der Waals surface area contributed by atoms with E-state index < -0.39 is 10.0 Å². The van der Waals surface area contributed by atoms with Crippen molar-refractivity contribution in [2.45, 2.75) is 37.8 Å². The smallest absolute Gasteiger partial charge is 0.244 e. The van der Waals surface area contributed by atoms with Gasteiger partial charge in [0.25, 0.3) is 0 Å². The summed E-state index contributed by atoms with van der Waals surface area (Å²) in [5.74, 6) is 0. The lowest BCUT2D eigenvalue weighted by atomic mass is 10.2. The molecular weight excluding hydrogens is 346 g/mol. The second-order valence-corrected chi connectivity index (χ2v) is 8.00. The third-order valence-corrected chi connectivity index (χ3v) is 5.81. The van der Waals surface area contributed by atoms with E-state index in [4.69, 9.17) is 0 Å². The van der Waals surface area contributed by atoms with Crippen molar-refractivity contribution in [2.75, 3.05) is 0 Å². The first kappa shape index (κ1) is 18.4. The van der Waals surface area contributed by atoms with Gasteiger partial charge in [0.15, 0.2) is 0 Å². The summed E-state index contributed by atoms with van der Waals surface area (Å²) in [5, 5.41) is 4.57. The molecule has 1 N–H and O–H groups in total. The molecule has 3 rings (SSSR count). The van der Waals surface area contributed by atoms with E-state index in [1.54, 1.807) is 10.9 Å². The maximum atomic E-state index is 12.9. The van der Waals surface area contributed by atoms with Crippen LogP contribution in [0.4, 0.5) is 0 Å². The zero-order chi connectivity index (χ0) is 18.6. The monoisotopic (exact) mass is 369 g/mol. The first-order valence-corrected chi connectivity index (χ1v) is 10.2. The van der Waals surface area contributed by atoms with Gasteiger partial charge in [0, 0.05) is 17.8 Å². The summed E-state index contributed by atoms with van der Waals surface area (Å²) in [6.07, 6.45) is 2.33. The Morgan fingerprint density at radius 1 is 1.04 bits per heavy atom. The summed E-state index contributed by atoms with van der Waals surface area (Å²) in [6.45, 7) is 4.32. The van der Waals surface area contributed by atoms with Gasteiger partial charge in [-0.05, 0) is 18.9 Å². The van der Waals surface area contributed by atoms with Gasteiger partial charge in [-0.15, -0.1) is 0 Å². The highest BCUT2D eigenvalue weighted by molar-refractivity contribution is 7.89. The summed E-state index contributed by atoms with van der Waals surface area (Å²) in [4.78, 5) is 0.208. The molecular formula is C20H23N3O2S. The number of hydrogen-bond donors (Lipinski definition) is 1. The molecule has 0 fully saturated rings. The largest absolute Gasteiger partial charge is 0.266 e. The SMILES string of the molecule is CCC(C)NS(=O)(=O)c1cn(Cc2ccccc2)nc1-c1ccccc1. The first-order chi connectivity index (χ1) is 12.5. The Balaban J connectivity index is 2.04. The van der Waals surface area contributed by atoms with E-state index in [9.17, 15) is 8.42 Å². The Bertz CT molecular complexity index is 951. The molecule has 0 spiro atoms. The standard InChI is InChI=1S/C20H23N3O2S/c1-3-16(2)22-26(24,25)19-15-23(14-17-10-6-4-7-11-17)21-20(19)18-12-8-5-9-13-18/h4-13,15-16,22H,3,14H2,1-2H3. The molecule has 0 saturated heterocycles. The molecule has 0 saturated carbocycles. The fraction of sp³-hybridized carbons (Fsp3) is 0.250. The van der Waals surface area contributed by atoms with Crippen molar-refractivity contribution in [3.05, 3.63) is 72.4 Å². The Morgan fingerprint density at radius 2 is 1.65 bits per heavy atom. The van der Waals surface area contributed by atoms with Gasteiger partial charge >= 0.3 is 0 Å². The molecule has 1 unspecified atom stereocenters. The Hall–Kier alpha value is -2.44. The number of rotatable bonds is 7. The van der Waals surface area contributed by atoms with Crippen LogP contribution in [0.25, 0.3) is 11.3 Å². The molecule has 1 heterocycles. The van der Waals surface area contributed by atoms with Gasteiger partial charge in [-0.2, -0.15) is 5.10 Å². The molecule has 0 aliphatic rings. The number of hydrogen-bond acceptors (Lipinski definition) is 3. The summed E-state index contributed by atoms with van der Waals surface area (Å²) < 4.78 is 30.2. The van der Waals surface area contributed by atoms with Crippen LogP contribution < -0.4 is 4.72 Å². The summed E-state index contributed by atoms with van der Waals surface area (Å²) >= 11 is 0. The van der Waals surface area contributed by atoms with Gasteiger partial charge in [0.05, 0.1) is 6.54 Å². The normalized spacial score (nSPS) is 12.8. The molecule has 0 bridgehead atoms. The van der Waals surface area contributed by atoms with Gasteiger partial charge in [-0.25, -0.2) is 13.1 Å². The van der Waals surface area contributed by atoms with Gasteiger partial charge in [0.1, 0.15) is 10.6 Å². The van der Waals surface area contributed by atoms with Crippen molar-refractivity contribution in [1.29, 1.82) is 0 Å². The van der Waals surface area contributed by atoms with Gasteiger partial charge in [-0.3, -0.25) is 4.68 Å². The van der Waals surface area contributed by atoms with Crippen LogP contribution in [0.2, 0.25) is 0 Å². The van der Waals surface area contributed by atoms with E-state index in [2.05, 4.69) is 9.82 Å². The lowest BCUT2D eigenvalue weighted by Gasteiger charge is -2.11. The third-order valence-electron chi connectivity index (χ3n) is 4.22. The minimum atomic E-state index is -3.66. The van der Waals surface area contributed by atoms with E-state index in [0.717, 1.165) is 17.5 Å². The molecule has 0 aliphatic heterocycles. The van der Waals surface area contributed by atoms with Crippen molar-refractivity contribution in [3.63, 3.8) is 0 Å². The molecule has 0 radical (unpaired) electrons. The van der Waals surface area contributed by atoms with Crippen LogP contribution in [-0.2, 0) is 16.6 Å². The van der Waals surface area contributed by atoms with Crippen LogP contribution in [0.3, 0.4) is 0 Å². The molecule has 6 heteroatoms. The van der Waals surface area contributed by atoms with Crippen LogP contribution in [-0.4, -0.2) is 24.2 Å². The van der Waals surface area contributed by atoms with Gasteiger partial charge in [0.2, 0.25) is 10.0 Å². The lowest BCUT2D eigenvalue weighted by Crippen LogP contribution is -2.32. The fourth-order valence-electron chi connectivity index (χ4n) is 2.66. The highest BCUT2D eigenvalue weighted by atomic mass is 32.2. The zero-order valence-corrected chi connectivity index (χ0v) is 15.8. The van der Waals surface area contributed by atoms with Crippen LogP contribution >= 0.6 is 0 Å². The predicted molar refractivity (Wildman–Crippen MR) is 103 cm³/mol. The Labute approximate surface area is 154 Å². The number of sulfonamides is 1. The highest BCUT2D eigenvalue weighted by Gasteiger charge is 2.25. The fourth-order valence-corrected chi connectivity index (χ4v) is 4.16. The van der Waals surface area contributed by atoms with E-state index in [1.165, 1.54) is 0 Å². The molecule has 0 amide bonds. The number of aromatic nitrogens is 2. The average Bonchev–Trinajstić information content (AvgIpc) is 3.08. The molecule has 2 aromatic carbocycles. The van der Waals surface area contributed by atoms with Crippen molar-refractivity contribution in [1.82, 2.24) is 14.5 Å². The molecule has 0 aliphatic carbocycles. The maximum Gasteiger partial charge on any atom is 0.244 e. The van der Waals surface area contributed by atoms with Gasteiger partial charge < -0.3 is 0 Å². The summed E-state index contributed by atoms with van der Waals surface area (Å²) in [7, 11) is -3.66. The van der Waals surface area contributed by atoms with Crippen LogP contribution in [0.15, 0.2) is 71.8 Å². The van der Waals surface area contributed by atoms with Crippen LogP contribution in [0, 0.1) is 0 Å². The molecule has 1 aromatic heterocycles. The second kappa shape index (κ2) is 7.85. The summed E-state index contributed by atoms with van der Waals surface area (Å²) in [6, 6.07) is 19.1. The predicted octanol–water partition coefficient (Wildman–Crippen LogP) is 3.68. The van der Waals surface area contributed by atoms with E-state index in [-0.39, 0.29) is 10.9 Å². The Morgan fingerprint density at radius 3 is 2.27 bits per heavy atom. The topological polar surface area (TPSA) is 64.0 Å². The summed E-state index contributed by atoms with van der Waals surface area (Å²) in [5.41, 5.74) is 2.31. The van der Waals surface area contributed by atoms with E-state index in [1.807, 2.05) is 74.5 Å². The second-order valence-electron chi connectivity index (χ2n) is 6.32. The quantitative estimate of drug-likeness (QED) is 0.691. The van der Waals surface area contributed by atoms with Crippen molar-refractivity contribution in [3.8, 4) is 11.3 Å². The molecule has 26 heavy (non-hydrogen) atoms. The average molecular weight is 369 g/mol. The highest BCUT2D eigenvalue weighted by Crippen LogP contribution is 2.26. The first-order valence-electron chi connectivity index (χ1n) is 8.68. The van der Waals surface area contributed by atoms with Crippen LogP contribution in [0.5, 0.6) is 0 Å². The van der Waals surface area contributed by atoms with Crippen molar-refractivity contribution in [2.24, 2.45) is 0 Å². The molecule has 3 aromatic rings. The van der Waals surface area contributed by atoms with E-state index >= 15 is 0 Å². The lowest BCUT2D eigenvalue weighted by molar-refractivity contribution is 0.556. The maximum absolute atomic E-state index is 12.9. The minimum absolute atomic E-state index is 0.138. The molecule has 5 nitrogen and oxygen atoms in total. The molecule has 1 atom stereocenters. The number of nitrogens with one attached hydrogen (secondary N) is 1. The molecule has 136 valence electrons. The third kappa shape index (κ3) is 4.20. The Kier molecular flexibility index (Phi) is 5.54. The number of nitrogens with zero attached hydrogens (tertiary/aromatic N) is 2. The minimum Gasteiger partial charge on any atom is -0.266 e. The van der Waals surface area contributed by atoms with Crippen molar-refractivity contribution < 1.29 is 8.42 Å². The van der Waals surface area contributed by atoms with Gasteiger partial charge in [-0.1, -0.05) is 67.6 Å².